The molecule has 0 spiro atoms. The van der Waals surface area contributed by atoms with Gasteiger partial charge in [-0.3, -0.25) is 19.4 Å². The molecule has 3 aromatic rings. The molecule has 1 amide bonds. The molecular formula is C22H22N6O2. The molecule has 1 saturated carbocycles. The van der Waals surface area contributed by atoms with Gasteiger partial charge in [-0.1, -0.05) is 37.1 Å². The first-order chi connectivity index (χ1) is 14.6. The zero-order valence-corrected chi connectivity index (χ0v) is 16.6. The molecule has 1 fully saturated rings. The van der Waals surface area contributed by atoms with Crippen LogP contribution >= 0.6 is 0 Å². The zero-order chi connectivity index (χ0) is 21.1. The molecule has 0 radical (unpaired) electrons. The molecule has 2 atom stereocenters. The van der Waals surface area contributed by atoms with Gasteiger partial charge in [0, 0.05) is 36.8 Å². The summed E-state index contributed by atoms with van der Waals surface area (Å²) in [4.78, 5) is 26.2. The monoisotopic (exact) mass is 402 g/mol. The second-order valence-electron chi connectivity index (χ2n) is 7.58. The van der Waals surface area contributed by atoms with Crippen molar-refractivity contribution in [3.63, 3.8) is 0 Å². The largest absolute Gasteiger partial charge is 0.322 e. The number of carbonyl (C=O) groups excluding carboxylic acids is 2. The smallest absolute Gasteiger partial charge is 0.228 e. The lowest BCUT2D eigenvalue weighted by Crippen LogP contribution is -2.36. The number of nitriles is 1. The summed E-state index contributed by atoms with van der Waals surface area (Å²) in [6, 6.07) is 11.2. The van der Waals surface area contributed by atoms with Crippen LogP contribution in [0.25, 0.3) is 11.3 Å². The molecule has 1 aliphatic rings. The van der Waals surface area contributed by atoms with E-state index >= 15 is 0 Å². The molecule has 8 heteroatoms. The van der Waals surface area contributed by atoms with Crippen LogP contribution < -0.4 is 5.32 Å². The lowest BCUT2D eigenvalue weighted by molar-refractivity contribution is -0.122. The van der Waals surface area contributed by atoms with Crippen LogP contribution in [0.3, 0.4) is 0 Å². The average molecular weight is 402 g/mol. The predicted molar refractivity (Wildman–Crippen MR) is 110 cm³/mol. The van der Waals surface area contributed by atoms with Gasteiger partial charge in [0.05, 0.1) is 11.4 Å². The van der Waals surface area contributed by atoms with E-state index in [1.807, 2.05) is 24.3 Å². The number of ketones is 1. The van der Waals surface area contributed by atoms with Gasteiger partial charge in [-0.25, -0.2) is 0 Å². The van der Waals surface area contributed by atoms with E-state index in [1.54, 1.807) is 31.6 Å². The maximum absolute atomic E-state index is 13.2. The van der Waals surface area contributed by atoms with E-state index in [2.05, 4.69) is 20.6 Å². The third-order valence-electron chi connectivity index (χ3n) is 5.61. The Bertz CT molecular complexity index is 1090. The van der Waals surface area contributed by atoms with Crippen LogP contribution in [-0.4, -0.2) is 31.7 Å². The first kappa shape index (κ1) is 19.6. The van der Waals surface area contributed by atoms with Gasteiger partial charge in [0.1, 0.15) is 6.07 Å². The Morgan fingerprint density at radius 3 is 2.57 bits per heavy atom. The van der Waals surface area contributed by atoms with Gasteiger partial charge in [0.2, 0.25) is 5.91 Å². The number of rotatable bonds is 5. The van der Waals surface area contributed by atoms with E-state index in [-0.39, 0.29) is 23.3 Å². The second kappa shape index (κ2) is 8.33. The standard InChI is InChI=1S/C22H22N6O2/c1-28-13-20(19(12-23)27-28)25-22(30)17-5-3-2-4-16(17)21(29)15-8-6-14(7-9-15)18-10-11-24-26-18/h6-11,13,16-17H,2-5H2,1H3,(H,24,26)(H,25,30)/t16-,17-/m0/s1. The fraction of sp³-hybridized carbons (Fsp3) is 0.318. The van der Waals surface area contributed by atoms with Crippen molar-refractivity contribution in [1.29, 1.82) is 5.26 Å². The molecule has 4 rings (SSSR count). The summed E-state index contributed by atoms with van der Waals surface area (Å²) in [6.45, 7) is 0. The van der Waals surface area contributed by atoms with Crippen LogP contribution in [0.1, 0.15) is 41.7 Å². The number of amides is 1. The Balaban J connectivity index is 1.52. The Morgan fingerprint density at radius 2 is 1.90 bits per heavy atom. The van der Waals surface area contributed by atoms with E-state index in [4.69, 9.17) is 0 Å². The van der Waals surface area contributed by atoms with Gasteiger partial charge in [-0.15, -0.1) is 0 Å². The van der Waals surface area contributed by atoms with Crippen molar-refractivity contribution in [2.75, 3.05) is 5.32 Å². The highest BCUT2D eigenvalue weighted by atomic mass is 16.2. The van der Waals surface area contributed by atoms with Crippen LogP contribution in [-0.2, 0) is 11.8 Å². The van der Waals surface area contributed by atoms with E-state index in [1.165, 1.54) is 4.68 Å². The maximum Gasteiger partial charge on any atom is 0.228 e. The quantitative estimate of drug-likeness (QED) is 0.635. The molecule has 0 unspecified atom stereocenters. The van der Waals surface area contributed by atoms with Gasteiger partial charge in [0.15, 0.2) is 11.5 Å². The molecular weight excluding hydrogens is 380 g/mol. The number of aryl methyl sites for hydroxylation is 1. The van der Waals surface area contributed by atoms with Crippen molar-refractivity contribution in [3.05, 3.63) is 54.0 Å². The number of hydrogen-bond acceptors (Lipinski definition) is 5. The molecule has 0 saturated heterocycles. The minimum atomic E-state index is -0.426. The van der Waals surface area contributed by atoms with Crippen LogP contribution in [0.2, 0.25) is 0 Å². The van der Waals surface area contributed by atoms with Crippen molar-refractivity contribution in [2.24, 2.45) is 18.9 Å². The van der Waals surface area contributed by atoms with Crippen LogP contribution in [0, 0.1) is 23.2 Å². The Kier molecular flexibility index (Phi) is 5.44. The molecule has 0 aliphatic heterocycles. The first-order valence-corrected chi connectivity index (χ1v) is 9.95. The average Bonchev–Trinajstić information content (AvgIpc) is 3.43. The number of benzene rings is 1. The number of nitrogens with zero attached hydrogens (tertiary/aromatic N) is 4. The van der Waals surface area contributed by atoms with Crippen LogP contribution in [0.4, 0.5) is 5.69 Å². The van der Waals surface area contributed by atoms with Crippen molar-refractivity contribution >= 4 is 17.4 Å². The number of H-pyrrole nitrogens is 1. The van der Waals surface area contributed by atoms with E-state index in [9.17, 15) is 14.9 Å². The SMILES string of the molecule is Cn1cc(NC(=O)[C@H]2CCCC[C@@H]2C(=O)c2ccc(-c3ccn[nH]3)cc2)c(C#N)n1. The maximum atomic E-state index is 13.2. The third kappa shape index (κ3) is 3.87. The summed E-state index contributed by atoms with van der Waals surface area (Å²) in [5.41, 5.74) is 2.97. The number of hydrogen-bond donors (Lipinski definition) is 2. The Labute approximate surface area is 173 Å². The number of aromatic nitrogens is 4. The number of aromatic amines is 1. The molecule has 30 heavy (non-hydrogen) atoms. The lowest BCUT2D eigenvalue weighted by Gasteiger charge is -2.29. The Hall–Kier alpha value is -3.73. The number of carbonyl (C=O) groups is 2. The number of nitrogens with one attached hydrogen (secondary N) is 2. The van der Waals surface area contributed by atoms with E-state index in [0.717, 1.165) is 24.1 Å². The molecule has 2 N–H and O–H groups in total. The summed E-state index contributed by atoms with van der Waals surface area (Å²) in [7, 11) is 1.69. The number of anilines is 1. The molecule has 2 heterocycles. The predicted octanol–water partition coefficient (Wildman–Crippen LogP) is 3.31. The Morgan fingerprint density at radius 1 is 1.17 bits per heavy atom. The summed E-state index contributed by atoms with van der Waals surface area (Å²) < 4.78 is 1.49. The fourth-order valence-corrected chi connectivity index (χ4v) is 4.09. The zero-order valence-electron chi connectivity index (χ0n) is 16.6. The van der Waals surface area contributed by atoms with Gasteiger partial charge in [0.25, 0.3) is 0 Å². The molecule has 1 aliphatic carbocycles. The molecule has 152 valence electrons. The van der Waals surface area contributed by atoms with E-state index in [0.29, 0.717) is 24.1 Å². The van der Waals surface area contributed by atoms with Crippen molar-refractivity contribution in [3.8, 4) is 17.3 Å². The van der Waals surface area contributed by atoms with Gasteiger partial charge in [-0.05, 0) is 24.5 Å². The fourth-order valence-electron chi connectivity index (χ4n) is 4.09. The molecule has 0 bridgehead atoms. The normalized spacial score (nSPS) is 18.5. The van der Waals surface area contributed by atoms with Crippen molar-refractivity contribution in [1.82, 2.24) is 20.0 Å². The highest BCUT2D eigenvalue weighted by molar-refractivity contribution is 6.03. The topological polar surface area (TPSA) is 116 Å². The summed E-state index contributed by atoms with van der Waals surface area (Å²) in [5.74, 6) is -1.05. The summed E-state index contributed by atoms with van der Waals surface area (Å²) in [5, 5.41) is 22.9. The second-order valence-corrected chi connectivity index (χ2v) is 7.58. The van der Waals surface area contributed by atoms with Crippen LogP contribution in [0.5, 0.6) is 0 Å². The number of Topliss-reactive ketones (excluding diaryl/α,β-unsaturated/α-hetero) is 1. The van der Waals surface area contributed by atoms with E-state index < -0.39 is 5.92 Å². The van der Waals surface area contributed by atoms with Gasteiger partial charge < -0.3 is 5.32 Å². The van der Waals surface area contributed by atoms with Crippen molar-refractivity contribution < 1.29 is 9.59 Å². The first-order valence-electron chi connectivity index (χ1n) is 9.95. The van der Waals surface area contributed by atoms with Gasteiger partial charge >= 0.3 is 0 Å². The van der Waals surface area contributed by atoms with Crippen LogP contribution in [0.15, 0.2) is 42.7 Å². The highest BCUT2D eigenvalue weighted by Gasteiger charge is 2.36. The molecule has 8 nitrogen and oxygen atoms in total. The minimum absolute atomic E-state index is 0.0160. The summed E-state index contributed by atoms with van der Waals surface area (Å²) in [6.07, 6.45) is 6.43. The van der Waals surface area contributed by atoms with Crippen molar-refractivity contribution in [2.45, 2.75) is 25.7 Å². The third-order valence-corrected chi connectivity index (χ3v) is 5.61. The lowest BCUT2D eigenvalue weighted by atomic mass is 9.75. The molecule has 2 aromatic heterocycles. The minimum Gasteiger partial charge on any atom is -0.322 e. The van der Waals surface area contributed by atoms with Gasteiger partial charge in [-0.2, -0.15) is 15.5 Å². The highest BCUT2D eigenvalue weighted by Crippen LogP contribution is 2.34. The molecule has 1 aromatic carbocycles. The summed E-state index contributed by atoms with van der Waals surface area (Å²) >= 11 is 0.